The number of nitrogens with zero attached hydrogens (tertiary/aromatic N) is 4. The van der Waals surface area contributed by atoms with Crippen LogP contribution in [0.5, 0.6) is 0 Å². The summed E-state index contributed by atoms with van der Waals surface area (Å²) < 4.78 is 18.1. The zero-order valence-electron chi connectivity index (χ0n) is 37.2. The predicted octanol–water partition coefficient (Wildman–Crippen LogP) is 17.7. The van der Waals surface area contributed by atoms with Gasteiger partial charge in [0.1, 0.15) is 28.4 Å². The number of hydrogen-bond acceptors (Lipinski definition) is 3. The van der Waals surface area contributed by atoms with E-state index in [2.05, 4.69) is 154 Å². The molecule has 0 fully saturated rings. The SMILES string of the molecule is [C-]#[N+]c1c(-c2ccccc2)c(-n2c3cc4ccccc4cc3c3c4oc5ccccc5c4ccc32)c(C#N)c(-c2ccccc2)c1-n1c2cc3ccccc3cc2c2c3oc4ccccc4c3ccc21. The van der Waals surface area contributed by atoms with Gasteiger partial charge in [-0.3, -0.25) is 0 Å². The lowest BCUT2D eigenvalue weighted by atomic mass is 9.88. The van der Waals surface area contributed by atoms with Gasteiger partial charge in [0.15, 0.2) is 0 Å². The molecule has 0 unspecified atom stereocenters. The molecule has 0 aliphatic carbocycles. The summed E-state index contributed by atoms with van der Waals surface area (Å²) in [6.45, 7) is 9.53. The highest BCUT2D eigenvalue weighted by atomic mass is 16.3. The maximum Gasteiger partial charge on any atom is 0.221 e. The van der Waals surface area contributed by atoms with Gasteiger partial charge in [-0.25, -0.2) is 4.85 Å². The summed E-state index contributed by atoms with van der Waals surface area (Å²) in [4.78, 5) is 4.66. The number of fused-ring (bicyclic) bond motifs is 16. The smallest absolute Gasteiger partial charge is 0.221 e. The third-order valence-electron chi connectivity index (χ3n) is 14.5. The van der Waals surface area contributed by atoms with Crippen LogP contribution >= 0.6 is 0 Å². The minimum absolute atomic E-state index is 0.413. The lowest BCUT2D eigenvalue weighted by Gasteiger charge is -2.25. The molecule has 4 aromatic heterocycles. The van der Waals surface area contributed by atoms with E-state index in [-0.39, 0.29) is 0 Å². The number of hydrogen-bond donors (Lipinski definition) is 0. The zero-order valence-corrected chi connectivity index (χ0v) is 37.2. The summed E-state index contributed by atoms with van der Waals surface area (Å²) in [5.41, 5.74) is 11.7. The molecule has 322 valence electrons. The first-order valence-corrected chi connectivity index (χ1v) is 23.3. The number of rotatable bonds is 4. The normalized spacial score (nSPS) is 12.0. The van der Waals surface area contributed by atoms with Gasteiger partial charge < -0.3 is 18.0 Å². The first-order chi connectivity index (χ1) is 34.7. The van der Waals surface area contributed by atoms with Gasteiger partial charge in [0.05, 0.1) is 56.3 Å². The van der Waals surface area contributed by atoms with E-state index < -0.39 is 0 Å². The molecule has 70 heavy (non-hydrogen) atoms. The van der Waals surface area contributed by atoms with Crippen LogP contribution in [-0.2, 0) is 0 Å². The Morgan fingerprint density at radius 3 is 1.31 bits per heavy atom. The number of benzene rings is 11. The molecule has 0 spiro atoms. The first kappa shape index (κ1) is 38.2. The van der Waals surface area contributed by atoms with Crippen molar-refractivity contribution in [2.45, 2.75) is 0 Å². The van der Waals surface area contributed by atoms with Crippen molar-refractivity contribution in [2.75, 3.05) is 0 Å². The minimum Gasteiger partial charge on any atom is -0.455 e. The Balaban J connectivity index is 1.19. The minimum atomic E-state index is 0.413. The second kappa shape index (κ2) is 14.3. The Morgan fingerprint density at radius 2 is 0.829 bits per heavy atom. The monoisotopic (exact) mass is 890 g/mol. The van der Waals surface area contributed by atoms with Crippen molar-refractivity contribution in [3.8, 4) is 39.7 Å². The Labute approximate surface area is 399 Å². The van der Waals surface area contributed by atoms with Crippen molar-refractivity contribution in [1.82, 2.24) is 9.13 Å². The topological polar surface area (TPSA) is 64.3 Å². The van der Waals surface area contributed by atoms with Crippen LogP contribution in [-0.4, -0.2) is 9.13 Å². The molecule has 0 saturated carbocycles. The van der Waals surface area contributed by atoms with Crippen LogP contribution in [0.25, 0.3) is 148 Å². The van der Waals surface area contributed by atoms with Crippen molar-refractivity contribution in [2.24, 2.45) is 0 Å². The molecule has 6 heteroatoms. The number of furan rings is 2. The van der Waals surface area contributed by atoms with E-state index in [1.54, 1.807) is 0 Å². The largest absolute Gasteiger partial charge is 0.455 e. The molecule has 11 aromatic carbocycles. The van der Waals surface area contributed by atoms with Gasteiger partial charge in [0.25, 0.3) is 0 Å². The summed E-state index contributed by atoms with van der Waals surface area (Å²) in [6.07, 6.45) is 0. The molecule has 15 aromatic rings. The number of nitriles is 1. The molecule has 0 aliphatic rings. The van der Waals surface area contributed by atoms with Crippen molar-refractivity contribution in [3.05, 3.63) is 223 Å². The fourth-order valence-corrected chi connectivity index (χ4v) is 11.6. The fraction of sp³-hybridized carbons (Fsp3) is 0. The van der Waals surface area contributed by atoms with E-state index >= 15 is 0 Å². The van der Waals surface area contributed by atoms with E-state index in [0.29, 0.717) is 33.8 Å². The van der Waals surface area contributed by atoms with Gasteiger partial charge >= 0.3 is 0 Å². The van der Waals surface area contributed by atoms with E-state index in [4.69, 9.17) is 8.83 Å². The summed E-state index contributed by atoms with van der Waals surface area (Å²) in [5, 5.41) is 24.4. The van der Waals surface area contributed by atoms with Crippen LogP contribution in [0.2, 0.25) is 0 Å². The van der Waals surface area contributed by atoms with E-state index in [9.17, 15) is 11.8 Å². The average molecular weight is 891 g/mol. The van der Waals surface area contributed by atoms with Crippen LogP contribution in [0, 0.1) is 17.9 Å². The first-order valence-electron chi connectivity index (χ1n) is 23.3. The van der Waals surface area contributed by atoms with Crippen molar-refractivity contribution in [3.63, 3.8) is 0 Å². The molecule has 0 bridgehead atoms. The molecule has 6 nitrogen and oxygen atoms in total. The Morgan fingerprint density at radius 1 is 0.400 bits per heavy atom. The maximum atomic E-state index is 12.2. The van der Waals surface area contributed by atoms with Crippen LogP contribution in [0.15, 0.2) is 215 Å². The number of para-hydroxylation sites is 2. The highest BCUT2D eigenvalue weighted by Gasteiger charge is 2.33. The van der Waals surface area contributed by atoms with Crippen LogP contribution in [0.1, 0.15) is 5.56 Å². The average Bonchev–Trinajstić information content (AvgIpc) is 4.17. The second-order valence-electron chi connectivity index (χ2n) is 18.1. The van der Waals surface area contributed by atoms with E-state index in [1.165, 1.54) is 0 Å². The molecular weight excluding hydrogens is 857 g/mol. The van der Waals surface area contributed by atoms with Gasteiger partial charge in [-0.1, -0.05) is 146 Å². The Hall–Kier alpha value is -9.88. The quantitative estimate of drug-likeness (QED) is 0.165. The summed E-state index contributed by atoms with van der Waals surface area (Å²) in [7, 11) is 0. The van der Waals surface area contributed by atoms with Crippen molar-refractivity contribution in [1.29, 1.82) is 5.26 Å². The molecule has 0 atom stereocenters. The van der Waals surface area contributed by atoms with Crippen LogP contribution < -0.4 is 0 Å². The molecule has 15 rings (SSSR count). The van der Waals surface area contributed by atoms with Crippen molar-refractivity contribution < 1.29 is 8.83 Å². The highest BCUT2D eigenvalue weighted by molar-refractivity contribution is 6.28. The standard InChI is InChI=1S/C64H34N4O2/c1-66-60-57(38-18-6-3-7-19-38)61(67-50-30-28-45-43-24-12-14-26-54(43)69-63(45)58(50)47-32-39-20-8-10-22-41(39)34-52(47)67)49(36-65)56(37-16-4-2-5-17-37)62(60)68-51-31-29-46-44-25-13-15-27-55(44)70-64(46)59(51)48-33-40-21-9-11-23-42(40)35-53(48)68/h2-35H. The van der Waals surface area contributed by atoms with Gasteiger partial charge in [0, 0.05) is 43.4 Å². The lowest BCUT2D eigenvalue weighted by Crippen LogP contribution is -2.08. The fourth-order valence-electron chi connectivity index (χ4n) is 11.6. The van der Waals surface area contributed by atoms with Gasteiger partial charge in [-0.15, -0.1) is 0 Å². The second-order valence-corrected chi connectivity index (χ2v) is 18.1. The van der Waals surface area contributed by atoms with Crippen LogP contribution in [0.3, 0.4) is 0 Å². The van der Waals surface area contributed by atoms with Gasteiger partial charge in [-0.2, -0.15) is 5.26 Å². The molecule has 0 saturated heterocycles. The molecule has 0 radical (unpaired) electrons. The summed E-state index contributed by atoms with van der Waals surface area (Å²) in [6, 6.07) is 73.7. The third kappa shape index (κ3) is 5.14. The predicted molar refractivity (Wildman–Crippen MR) is 287 cm³/mol. The number of aromatic nitrogens is 2. The zero-order chi connectivity index (χ0) is 46.2. The Bertz CT molecular complexity index is 4530. The van der Waals surface area contributed by atoms with Gasteiger partial charge in [-0.05, 0) is 93.3 Å². The maximum absolute atomic E-state index is 12.2. The molecule has 0 N–H and O–H groups in total. The summed E-state index contributed by atoms with van der Waals surface area (Å²) in [5.74, 6) is 0. The van der Waals surface area contributed by atoms with Crippen molar-refractivity contribution >= 4 is 115 Å². The van der Waals surface area contributed by atoms with E-state index in [1.807, 2.05) is 72.8 Å². The molecule has 0 aliphatic heterocycles. The van der Waals surface area contributed by atoms with E-state index in [0.717, 1.165) is 120 Å². The highest BCUT2D eigenvalue weighted by Crippen LogP contribution is 2.54. The molecular formula is C64H34N4O2. The molecule has 0 amide bonds. The summed E-state index contributed by atoms with van der Waals surface area (Å²) >= 11 is 0. The third-order valence-corrected chi connectivity index (χ3v) is 14.5. The van der Waals surface area contributed by atoms with Gasteiger partial charge in [0.2, 0.25) is 5.69 Å². The lowest BCUT2D eigenvalue weighted by molar-refractivity contribution is 0.672. The Kier molecular flexibility index (Phi) is 7.82. The van der Waals surface area contributed by atoms with Crippen LogP contribution in [0.4, 0.5) is 5.69 Å². The molecule has 4 heterocycles.